The van der Waals surface area contributed by atoms with Crippen molar-refractivity contribution in [2.75, 3.05) is 47.6 Å². The van der Waals surface area contributed by atoms with Crippen LogP contribution in [0.15, 0.2) is 29.6 Å². The predicted octanol–water partition coefficient (Wildman–Crippen LogP) is 5.11. The second-order valence-corrected chi connectivity index (χ2v) is 20.2. The molecule has 0 bridgehead atoms. The van der Waals surface area contributed by atoms with Crippen LogP contribution in [0.2, 0.25) is 0 Å². The molecular formula is C47H73N7O9S2. The first-order chi connectivity index (χ1) is 30.6. The maximum absolute atomic E-state index is 14.3. The number of rotatable bonds is 26. The molecule has 3 N–H and O–H groups in total. The standard InChI is InChI=1S/C47H73N7O9S2/c1-14-29(6)40(51-44(59)41(28(4)5)52(9)10)47(61)53(11)36(27(2)3)24-37(63-31(8)55)45-50-35(26-65-45)43(58)49-33(23-32-16-18-34(62-13)19-17-32)22-30(7)42(57)48-20-15-21-64-38-25-39(56)54(12)46(38)60/h16-19,26-30,33,36-38,40-41H,14-15,20-25H2,1-13H3,(H,48,57)(H,49,58)(H,51,59)/t29-,30?,33+,36+,37+,38?,40-,41+/m0/s1. The van der Waals surface area contributed by atoms with Gasteiger partial charge in [-0.3, -0.25) is 43.4 Å². The van der Waals surface area contributed by atoms with Crippen molar-refractivity contribution in [1.82, 2.24) is 35.6 Å². The molecule has 6 amide bonds. The van der Waals surface area contributed by atoms with Gasteiger partial charge < -0.3 is 30.3 Å². The number of nitrogens with zero attached hydrogens (tertiary/aromatic N) is 4. The van der Waals surface area contributed by atoms with Crippen LogP contribution in [0.25, 0.3) is 0 Å². The van der Waals surface area contributed by atoms with Crippen molar-refractivity contribution in [3.05, 3.63) is 45.9 Å². The monoisotopic (exact) mass is 943 g/mol. The van der Waals surface area contributed by atoms with Gasteiger partial charge >= 0.3 is 5.97 Å². The molecule has 2 heterocycles. The second-order valence-electron chi connectivity index (χ2n) is 18.0. The molecule has 2 aromatic rings. The maximum Gasteiger partial charge on any atom is 0.303 e. The number of carbonyl (C=O) groups excluding carboxylic acids is 7. The Kier molecular flexibility index (Phi) is 21.9. The highest BCUT2D eigenvalue weighted by Crippen LogP contribution is 2.31. The fraction of sp³-hybridized carbons (Fsp3) is 0.660. The first-order valence-corrected chi connectivity index (χ1v) is 24.5. The van der Waals surface area contributed by atoms with Gasteiger partial charge in [-0.1, -0.05) is 67.0 Å². The lowest BCUT2D eigenvalue weighted by Crippen LogP contribution is -2.58. The SMILES string of the molecule is CC[C@H](C)[C@H](NC(=O)[C@@H](C(C)C)N(C)C)C(=O)N(C)[C@H](C[C@@H](OC(C)=O)c1nc(C(=O)N[C@@H](Cc2ccc(OC)cc2)CC(C)C(=O)NCCCSC2CC(=O)N(C)C2=O)cs1)C(C)C. The number of ether oxygens (including phenoxy) is 2. The number of nitrogens with one attached hydrogen (secondary N) is 3. The van der Waals surface area contributed by atoms with Crippen LogP contribution in [0.4, 0.5) is 0 Å². The Morgan fingerprint density at radius 3 is 2.15 bits per heavy atom. The van der Waals surface area contributed by atoms with E-state index < -0.39 is 48.1 Å². The van der Waals surface area contributed by atoms with Crippen molar-refractivity contribution in [3.63, 3.8) is 0 Å². The molecule has 65 heavy (non-hydrogen) atoms. The lowest BCUT2D eigenvalue weighted by atomic mass is 9.92. The zero-order valence-electron chi connectivity index (χ0n) is 40.6. The topological polar surface area (TPSA) is 197 Å². The molecular weight excluding hydrogens is 871 g/mol. The van der Waals surface area contributed by atoms with Gasteiger partial charge in [-0.2, -0.15) is 0 Å². The molecule has 8 atom stereocenters. The van der Waals surface area contributed by atoms with Crippen molar-refractivity contribution in [2.45, 2.75) is 129 Å². The number of hydrogen-bond donors (Lipinski definition) is 3. The van der Waals surface area contributed by atoms with Crippen LogP contribution in [-0.4, -0.2) is 138 Å². The minimum absolute atomic E-state index is 0.0178. The molecule has 1 aromatic heterocycles. The molecule has 1 aromatic carbocycles. The number of hydrogen-bond acceptors (Lipinski definition) is 13. The molecule has 1 fully saturated rings. The van der Waals surface area contributed by atoms with Crippen molar-refractivity contribution in [2.24, 2.45) is 23.7 Å². The van der Waals surface area contributed by atoms with Gasteiger partial charge in [-0.25, -0.2) is 4.98 Å². The van der Waals surface area contributed by atoms with Gasteiger partial charge in [-0.15, -0.1) is 23.1 Å². The highest BCUT2D eigenvalue weighted by atomic mass is 32.2. The van der Waals surface area contributed by atoms with Crippen LogP contribution in [-0.2, 0) is 39.9 Å². The number of amides is 6. The summed E-state index contributed by atoms with van der Waals surface area (Å²) in [4.78, 5) is 101. The molecule has 3 rings (SSSR count). The molecule has 0 radical (unpaired) electrons. The Hall–Kier alpha value is -4.55. The third-order valence-electron chi connectivity index (χ3n) is 12.0. The third-order valence-corrected chi connectivity index (χ3v) is 14.2. The molecule has 362 valence electrons. The Morgan fingerprint density at radius 1 is 0.954 bits per heavy atom. The van der Waals surface area contributed by atoms with Gasteiger partial charge in [0.15, 0.2) is 6.10 Å². The quantitative estimate of drug-likeness (QED) is 0.0642. The van der Waals surface area contributed by atoms with E-state index in [0.29, 0.717) is 48.7 Å². The van der Waals surface area contributed by atoms with E-state index in [9.17, 15) is 33.6 Å². The third kappa shape index (κ3) is 16.1. The van der Waals surface area contributed by atoms with E-state index in [1.807, 2.05) is 84.8 Å². The van der Waals surface area contributed by atoms with Crippen LogP contribution < -0.4 is 20.7 Å². The highest BCUT2D eigenvalue weighted by Gasteiger charge is 2.38. The van der Waals surface area contributed by atoms with E-state index in [4.69, 9.17) is 9.47 Å². The van der Waals surface area contributed by atoms with E-state index in [1.165, 1.54) is 37.1 Å². The predicted molar refractivity (Wildman–Crippen MR) is 254 cm³/mol. The van der Waals surface area contributed by atoms with Crippen LogP contribution in [0.3, 0.4) is 0 Å². The molecule has 2 unspecified atom stereocenters. The fourth-order valence-corrected chi connectivity index (χ4v) is 10.0. The van der Waals surface area contributed by atoms with Gasteiger partial charge in [0.25, 0.3) is 5.91 Å². The van der Waals surface area contributed by atoms with Gasteiger partial charge in [0, 0.05) is 63.8 Å². The summed E-state index contributed by atoms with van der Waals surface area (Å²) in [5.74, 6) is -1.42. The number of thioether (sulfide) groups is 1. The first kappa shape index (κ1) is 54.8. The number of benzene rings is 1. The van der Waals surface area contributed by atoms with E-state index in [-0.39, 0.29) is 71.1 Å². The molecule has 0 saturated carbocycles. The summed E-state index contributed by atoms with van der Waals surface area (Å²) in [5, 5.41) is 10.7. The van der Waals surface area contributed by atoms with Crippen molar-refractivity contribution in [1.29, 1.82) is 0 Å². The molecule has 1 saturated heterocycles. The van der Waals surface area contributed by atoms with Crippen LogP contribution in [0.1, 0.15) is 115 Å². The Morgan fingerprint density at radius 2 is 1.62 bits per heavy atom. The van der Waals surface area contributed by atoms with E-state index in [2.05, 4.69) is 20.9 Å². The van der Waals surface area contributed by atoms with Crippen molar-refractivity contribution in [3.8, 4) is 5.75 Å². The van der Waals surface area contributed by atoms with Gasteiger partial charge in [-0.05, 0) is 74.6 Å². The number of esters is 1. The molecule has 16 nitrogen and oxygen atoms in total. The Labute approximate surface area is 394 Å². The number of likely N-dealkylation sites (tertiary alicyclic amines) is 1. The smallest absolute Gasteiger partial charge is 0.303 e. The minimum Gasteiger partial charge on any atom is -0.497 e. The zero-order chi connectivity index (χ0) is 48.7. The van der Waals surface area contributed by atoms with Crippen molar-refractivity contribution >= 4 is 64.5 Å². The Balaban J connectivity index is 1.77. The number of aromatic nitrogens is 1. The second kappa shape index (κ2) is 26.0. The summed E-state index contributed by atoms with van der Waals surface area (Å²) in [6.45, 7) is 15.3. The lowest BCUT2D eigenvalue weighted by Gasteiger charge is -2.37. The van der Waals surface area contributed by atoms with E-state index in [0.717, 1.165) is 10.5 Å². The first-order valence-electron chi connectivity index (χ1n) is 22.6. The summed E-state index contributed by atoms with van der Waals surface area (Å²) in [5.41, 5.74) is 1.04. The summed E-state index contributed by atoms with van der Waals surface area (Å²) >= 11 is 2.60. The zero-order valence-corrected chi connectivity index (χ0v) is 42.2. The largest absolute Gasteiger partial charge is 0.497 e. The van der Waals surface area contributed by atoms with Gasteiger partial charge in [0.05, 0.1) is 18.4 Å². The van der Waals surface area contributed by atoms with E-state index in [1.54, 1.807) is 31.4 Å². The van der Waals surface area contributed by atoms with Crippen LogP contribution in [0.5, 0.6) is 5.75 Å². The molecule has 0 aliphatic carbocycles. The average Bonchev–Trinajstić information content (AvgIpc) is 3.84. The number of carbonyl (C=O) groups is 7. The van der Waals surface area contributed by atoms with E-state index >= 15 is 0 Å². The van der Waals surface area contributed by atoms with Crippen LogP contribution >= 0.6 is 23.1 Å². The maximum atomic E-state index is 14.3. The highest BCUT2D eigenvalue weighted by molar-refractivity contribution is 8.00. The van der Waals surface area contributed by atoms with Crippen LogP contribution in [0, 0.1) is 23.7 Å². The molecule has 1 aliphatic heterocycles. The fourth-order valence-electron chi connectivity index (χ4n) is 8.04. The van der Waals surface area contributed by atoms with Gasteiger partial charge in [0.1, 0.15) is 22.5 Å². The molecule has 0 spiro atoms. The van der Waals surface area contributed by atoms with Crippen molar-refractivity contribution < 1.29 is 43.0 Å². The Bertz CT molecular complexity index is 1920. The summed E-state index contributed by atoms with van der Waals surface area (Å²) < 4.78 is 11.2. The number of methoxy groups -OCH3 is 1. The summed E-state index contributed by atoms with van der Waals surface area (Å²) in [6, 6.07) is 5.37. The molecule has 18 heteroatoms. The number of imide groups is 1. The summed E-state index contributed by atoms with van der Waals surface area (Å²) in [6.07, 6.45) is 1.53. The average molecular weight is 944 g/mol. The summed E-state index contributed by atoms with van der Waals surface area (Å²) in [7, 11) is 8.47. The minimum atomic E-state index is -0.878. The normalized spacial score (nSPS) is 17.3. The molecule has 1 aliphatic rings. The van der Waals surface area contributed by atoms with Gasteiger partial charge in [0.2, 0.25) is 29.5 Å². The number of likely N-dealkylation sites (N-methyl/N-ethyl adjacent to an activating group) is 2. The number of thiazole rings is 1. The lowest BCUT2D eigenvalue weighted by molar-refractivity contribution is -0.149.